The van der Waals surface area contributed by atoms with E-state index in [1.165, 1.54) is 17.5 Å². The summed E-state index contributed by atoms with van der Waals surface area (Å²) >= 11 is 0. The lowest BCUT2D eigenvalue weighted by Gasteiger charge is -2.29. The minimum atomic E-state index is 0.0773. The van der Waals surface area contributed by atoms with Gasteiger partial charge in [-0.15, -0.1) is 0 Å². The second-order valence-corrected chi connectivity index (χ2v) is 6.03. The average molecular weight is 273 g/mol. The zero-order chi connectivity index (χ0) is 13.9. The summed E-state index contributed by atoms with van der Waals surface area (Å²) in [5, 5.41) is 0. The van der Waals surface area contributed by atoms with E-state index in [9.17, 15) is 4.79 Å². The zero-order valence-electron chi connectivity index (χ0n) is 12.2. The van der Waals surface area contributed by atoms with Crippen molar-refractivity contribution in [1.29, 1.82) is 0 Å². The molecule has 2 heterocycles. The quantitative estimate of drug-likeness (QED) is 0.847. The highest BCUT2D eigenvalue weighted by molar-refractivity contribution is 5.78. The molecule has 108 valence electrons. The van der Waals surface area contributed by atoms with Crippen molar-refractivity contribution in [1.82, 2.24) is 4.90 Å². The summed E-state index contributed by atoms with van der Waals surface area (Å²) in [6.07, 6.45) is 5.42. The molecule has 1 amide bonds. The number of likely N-dealkylation sites (tertiary alicyclic amines) is 1. The summed E-state index contributed by atoms with van der Waals surface area (Å²) in [5.41, 5.74) is 2.55. The SMILES string of the molecule is CC(Cc1ccc2c(c1)CCO2)C(=O)N1CCCCC1. The molecule has 0 bridgehead atoms. The van der Waals surface area contributed by atoms with Crippen molar-refractivity contribution in [3.63, 3.8) is 0 Å². The van der Waals surface area contributed by atoms with Gasteiger partial charge in [-0.1, -0.05) is 19.1 Å². The molecule has 1 aromatic rings. The number of hydrogen-bond donors (Lipinski definition) is 0. The van der Waals surface area contributed by atoms with Crippen molar-refractivity contribution >= 4 is 5.91 Å². The highest BCUT2D eigenvalue weighted by atomic mass is 16.5. The van der Waals surface area contributed by atoms with Crippen LogP contribution in [-0.4, -0.2) is 30.5 Å². The monoisotopic (exact) mass is 273 g/mol. The van der Waals surface area contributed by atoms with E-state index in [4.69, 9.17) is 4.74 Å². The fourth-order valence-electron chi connectivity index (χ4n) is 3.23. The van der Waals surface area contributed by atoms with Crippen LogP contribution in [0.15, 0.2) is 18.2 Å². The lowest BCUT2D eigenvalue weighted by molar-refractivity contribution is -0.135. The fourth-order valence-corrected chi connectivity index (χ4v) is 3.23. The fraction of sp³-hybridized carbons (Fsp3) is 0.588. The van der Waals surface area contributed by atoms with Crippen molar-refractivity contribution in [2.75, 3.05) is 19.7 Å². The largest absolute Gasteiger partial charge is 0.493 e. The Labute approximate surface area is 120 Å². The van der Waals surface area contributed by atoms with E-state index in [1.54, 1.807) is 0 Å². The topological polar surface area (TPSA) is 29.5 Å². The first-order chi connectivity index (χ1) is 9.74. The van der Waals surface area contributed by atoms with Gasteiger partial charge < -0.3 is 9.64 Å². The van der Waals surface area contributed by atoms with Crippen LogP contribution in [0.4, 0.5) is 0 Å². The van der Waals surface area contributed by atoms with Crippen LogP contribution < -0.4 is 4.74 Å². The van der Waals surface area contributed by atoms with E-state index < -0.39 is 0 Å². The molecule has 3 heteroatoms. The number of nitrogens with zero attached hydrogens (tertiary/aromatic N) is 1. The Kier molecular flexibility index (Phi) is 3.95. The third-order valence-corrected chi connectivity index (χ3v) is 4.39. The molecule has 2 aliphatic rings. The Balaban J connectivity index is 1.63. The van der Waals surface area contributed by atoms with Crippen molar-refractivity contribution in [3.8, 4) is 5.75 Å². The van der Waals surface area contributed by atoms with Crippen LogP contribution >= 0.6 is 0 Å². The Morgan fingerprint density at radius 3 is 2.90 bits per heavy atom. The van der Waals surface area contributed by atoms with Crippen LogP contribution in [0.1, 0.15) is 37.3 Å². The van der Waals surface area contributed by atoms with Gasteiger partial charge in [-0.3, -0.25) is 4.79 Å². The number of amides is 1. The predicted molar refractivity (Wildman–Crippen MR) is 78.9 cm³/mol. The molecular formula is C17H23NO2. The molecule has 0 radical (unpaired) electrons. The van der Waals surface area contributed by atoms with E-state index in [1.807, 2.05) is 4.90 Å². The number of piperidine rings is 1. The molecule has 3 nitrogen and oxygen atoms in total. The molecule has 2 aliphatic heterocycles. The Morgan fingerprint density at radius 2 is 2.10 bits per heavy atom. The molecule has 0 spiro atoms. The number of hydrogen-bond acceptors (Lipinski definition) is 2. The summed E-state index contributed by atoms with van der Waals surface area (Å²) < 4.78 is 5.53. The lowest BCUT2D eigenvalue weighted by Crippen LogP contribution is -2.39. The van der Waals surface area contributed by atoms with Crippen molar-refractivity contribution in [3.05, 3.63) is 29.3 Å². The summed E-state index contributed by atoms with van der Waals surface area (Å²) in [7, 11) is 0. The number of benzene rings is 1. The predicted octanol–water partition coefficient (Wildman–Crippen LogP) is 2.81. The molecule has 0 aliphatic carbocycles. The minimum absolute atomic E-state index is 0.0773. The number of carbonyl (C=O) groups is 1. The summed E-state index contributed by atoms with van der Waals surface area (Å²) in [5.74, 6) is 1.42. The first kappa shape index (κ1) is 13.5. The smallest absolute Gasteiger partial charge is 0.225 e. The van der Waals surface area contributed by atoms with Gasteiger partial charge in [0.2, 0.25) is 5.91 Å². The van der Waals surface area contributed by atoms with E-state index in [0.29, 0.717) is 5.91 Å². The molecule has 1 saturated heterocycles. The summed E-state index contributed by atoms with van der Waals surface area (Å²) in [4.78, 5) is 14.5. The number of rotatable bonds is 3. The van der Waals surface area contributed by atoms with Gasteiger partial charge in [-0.05, 0) is 42.9 Å². The highest BCUT2D eigenvalue weighted by Crippen LogP contribution is 2.27. The first-order valence-corrected chi connectivity index (χ1v) is 7.77. The van der Waals surface area contributed by atoms with Gasteiger partial charge in [0.15, 0.2) is 0 Å². The van der Waals surface area contributed by atoms with E-state index >= 15 is 0 Å². The Bertz CT molecular complexity index is 492. The number of fused-ring (bicyclic) bond motifs is 1. The normalized spacial score (nSPS) is 19.4. The van der Waals surface area contributed by atoms with Crippen LogP contribution in [0.3, 0.4) is 0 Å². The second kappa shape index (κ2) is 5.86. The summed E-state index contributed by atoms with van der Waals surface area (Å²) in [6, 6.07) is 6.36. The maximum Gasteiger partial charge on any atom is 0.225 e. The van der Waals surface area contributed by atoms with Gasteiger partial charge in [0, 0.05) is 25.4 Å². The van der Waals surface area contributed by atoms with Gasteiger partial charge in [0.05, 0.1) is 6.61 Å². The van der Waals surface area contributed by atoms with Gasteiger partial charge in [0.25, 0.3) is 0 Å². The highest BCUT2D eigenvalue weighted by Gasteiger charge is 2.22. The number of carbonyl (C=O) groups excluding carboxylic acids is 1. The molecule has 1 atom stereocenters. The molecular weight excluding hydrogens is 250 g/mol. The standard InChI is InChI=1S/C17H23NO2/c1-13(17(19)18-8-3-2-4-9-18)11-14-5-6-16-15(12-14)7-10-20-16/h5-6,12-13H,2-4,7-11H2,1H3. The molecule has 20 heavy (non-hydrogen) atoms. The van der Waals surface area contributed by atoms with E-state index in [2.05, 4.69) is 25.1 Å². The number of ether oxygens (including phenoxy) is 1. The van der Waals surface area contributed by atoms with Crippen molar-refractivity contribution < 1.29 is 9.53 Å². The maximum atomic E-state index is 12.4. The summed E-state index contributed by atoms with van der Waals surface area (Å²) in [6.45, 7) is 4.74. The maximum absolute atomic E-state index is 12.4. The van der Waals surface area contributed by atoms with Gasteiger partial charge in [-0.2, -0.15) is 0 Å². The second-order valence-electron chi connectivity index (χ2n) is 6.03. The van der Waals surface area contributed by atoms with E-state index in [-0.39, 0.29) is 5.92 Å². The first-order valence-electron chi connectivity index (χ1n) is 7.77. The Morgan fingerprint density at radius 1 is 1.30 bits per heavy atom. The molecule has 0 saturated carbocycles. The van der Waals surface area contributed by atoms with Crippen LogP contribution in [0.2, 0.25) is 0 Å². The van der Waals surface area contributed by atoms with Crippen LogP contribution in [-0.2, 0) is 17.6 Å². The Hall–Kier alpha value is -1.51. The van der Waals surface area contributed by atoms with Crippen LogP contribution in [0.25, 0.3) is 0 Å². The van der Waals surface area contributed by atoms with Gasteiger partial charge in [-0.25, -0.2) is 0 Å². The van der Waals surface area contributed by atoms with Crippen LogP contribution in [0.5, 0.6) is 5.75 Å². The molecule has 3 rings (SSSR count). The lowest BCUT2D eigenvalue weighted by atomic mass is 9.97. The van der Waals surface area contributed by atoms with Crippen molar-refractivity contribution in [2.24, 2.45) is 5.92 Å². The third kappa shape index (κ3) is 2.82. The molecule has 1 unspecified atom stereocenters. The molecule has 0 aromatic heterocycles. The molecule has 0 N–H and O–H groups in total. The average Bonchev–Trinajstić information content (AvgIpc) is 2.95. The zero-order valence-corrected chi connectivity index (χ0v) is 12.2. The van der Waals surface area contributed by atoms with Gasteiger partial charge >= 0.3 is 0 Å². The minimum Gasteiger partial charge on any atom is -0.493 e. The van der Waals surface area contributed by atoms with Gasteiger partial charge in [0.1, 0.15) is 5.75 Å². The molecule has 1 aromatic carbocycles. The third-order valence-electron chi connectivity index (χ3n) is 4.39. The van der Waals surface area contributed by atoms with Crippen molar-refractivity contribution in [2.45, 2.75) is 39.0 Å². The molecule has 1 fully saturated rings. The van der Waals surface area contributed by atoms with E-state index in [0.717, 1.165) is 51.1 Å². The van der Waals surface area contributed by atoms with Crippen LogP contribution in [0, 0.1) is 5.92 Å².